The van der Waals surface area contributed by atoms with Crippen molar-refractivity contribution >= 4 is 11.6 Å². The number of fused-ring (bicyclic) bond motifs is 1. The summed E-state index contributed by atoms with van der Waals surface area (Å²) in [6, 6.07) is 8.09. The lowest BCUT2D eigenvalue weighted by molar-refractivity contribution is -0.134. The number of carbonyl (C=O) groups is 1. The second-order valence-electron chi connectivity index (χ2n) is 5.81. The fraction of sp³-hybridized carbons (Fsp3) is 0.562. The number of nitrogens with zero attached hydrogens (tertiary/aromatic N) is 1. The van der Waals surface area contributed by atoms with E-state index in [1.54, 1.807) is 7.11 Å². The lowest BCUT2D eigenvalue weighted by Crippen LogP contribution is -2.47. The van der Waals surface area contributed by atoms with E-state index in [0.29, 0.717) is 5.92 Å². The maximum Gasteiger partial charge on any atom is 0.245 e. The summed E-state index contributed by atoms with van der Waals surface area (Å²) in [6.45, 7) is 2.47. The van der Waals surface area contributed by atoms with E-state index in [1.165, 1.54) is 5.56 Å². The van der Waals surface area contributed by atoms with Crippen molar-refractivity contribution < 1.29 is 9.53 Å². The SMILES string of the molecule is COCC1CCCN(C(=O)C2Cc3ccccc3N2)C1. The van der Waals surface area contributed by atoms with Gasteiger partial charge in [-0.05, 0) is 30.4 Å². The molecule has 1 amide bonds. The number of methoxy groups -OCH3 is 1. The van der Waals surface area contributed by atoms with Crippen LogP contribution in [0.2, 0.25) is 0 Å². The van der Waals surface area contributed by atoms with Crippen LogP contribution < -0.4 is 5.32 Å². The van der Waals surface area contributed by atoms with Crippen LogP contribution in [0.25, 0.3) is 0 Å². The normalized spacial score (nSPS) is 25.1. The van der Waals surface area contributed by atoms with E-state index >= 15 is 0 Å². The number of benzene rings is 1. The van der Waals surface area contributed by atoms with Crippen molar-refractivity contribution in [2.45, 2.75) is 25.3 Å². The molecule has 0 bridgehead atoms. The summed E-state index contributed by atoms with van der Waals surface area (Å²) in [5.41, 5.74) is 2.35. The quantitative estimate of drug-likeness (QED) is 0.915. The molecule has 2 heterocycles. The highest BCUT2D eigenvalue weighted by Gasteiger charge is 2.32. The fourth-order valence-electron chi connectivity index (χ4n) is 3.30. The van der Waals surface area contributed by atoms with E-state index in [-0.39, 0.29) is 11.9 Å². The summed E-state index contributed by atoms with van der Waals surface area (Å²) in [7, 11) is 1.73. The highest BCUT2D eigenvalue weighted by atomic mass is 16.5. The van der Waals surface area contributed by atoms with Crippen molar-refractivity contribution in [3.05, 3.63) is 29.8 Å². The Morgan fingerprint density at radius 1 is 1.45 bits per heavy atom. The first kappa shape index (κ1) is 13.4. The molecule has 1 aromatic rings. The number of carbonyl (C=O) groups excluding carboxylic acids is 1. The molecule has 4 nitrogen and oxygen atoms in total. The molecule has 0 spiro atoms. The van der Waals surface area contributed by atoms with Gasteiger partial charge in [0.25, 0.3) is 0 Å². The highest BCUT2D eigenvalue weighted by Crippen LogP contribution is 2.27. The van der Waals surface area contributed by atoms with E-state index in [0.717, 1.165) is 44.6 Å². The number of hydrogen-bond donors (Lipinski definition) is 1. The third-order valence-corrected chi connectivity index (χ3v) is 4.30. The average Bonchev–Trinajstić information content (AvgIpc) is 2.91. The van der Waals surface area contributed by atoms with Gasteiger partial charge in [0.2, 0.25) is 5.91 Å². The largest absolute Gasteiger partial charge is 0.384 e. The molecule has 1 fully saturated rings. The number of amides is 1. The highest BCUT2D eigenvalue weighted by molar-refractivity contribution is 5.87. The number of likely N-dealkylation sites (tertiary alicyclic amines) is 1. The van der Waals surface area contributed by atoms with Crippen LogP contribution in [0.4, 0.5) is 5.69 Å². The summed E-state index contributed by atoms with van der Waals surface area (Å²) in [5.74, 6) is 0.725. The Morgan fingerprint density at radius 2 is 2.30 bits per heavy atom. The third kappa shape index (κ3) is 2.66. The second-order valence-corrected chi connectivity index (χ2v) is 5.81. The molecule has 2 aliphatic rings. The molecule has 0 saturated carbocycles. The Labute approximate surface area is 120 Å². The van der Waals surface area contributed by atoms with Gasteiger partial charge in [0.15, 0.2) is 0 Å². The number of rotatable bonds is 3. The summed E-state index contributed by atoms with van der Waals surface area (Å²) < 4.78 is 5.23. The molecule has 2 atom stereocenters. The number of ether oxygens (including phenoxy) is 1. The van der Waals surface area contributed by atoms with Gasteiger partial charge in [-0.3, -0.25) is 4.79 Å². The van der Waals surface area contributed by atoms with Crippen LogP contribution in [0.5, 0.6) is 0 Å². The lowest BCUT2D eigenvalue weighted by Gasteiger charge is -2.34. The Bertz CT molecular complexity index is 462. The van der Waals surface area contributed by atoms with E-state index < -0.39 is 0 Å². The molecule has 0 radical (unpaired) electrons. The number of anilines is 1. The number of nitrogens with one attached hydrogen (secondary N) is 1. The first-order valence-corrected chi connectivity index (χ1v) is 7.40. The molecule has 3 rings (SSSR count). The molecule has 0 aromatic heterocycles. The zero-order valence-corrected chi connectivity index (χ0v) is 12.0. The van der Waals surface area contributed by atoms with Crippen molar-refractivity contribution in [2.75, 3.05) is 32.1 Å². The minimum atomic E-state index is -0.0892. The van der Waals surface area contributed by atoms with Crippen molar-refractivity contribution in [1.29, 1.82) is 0 Å². The maximum absolute atomic E-state index is 12.6. The number of para-hydroxylation sites is 1. The summed E-state index contributed by atoms with van der Waals surface area (Å²) in [5, 5.41) is 3.36. The molecule has 1 N–H and O–H groups in total. The molecule has 4 heteroatoms. The van der Waals surface area contributed by atoms with Crippen LogP contribution in [-0.4, -0.2) is 43.7 Å². The van der Waals surface area contributed by atoms with Crippen LogP contribution in [0.15, 0.2) is 24.3 Å². The lowest BCUT2D eigenvalue weighted by atomic mass is 9.98. The molecular weight excluding hydrogens is 252 g/mol. The summed E-state index contributed by atoms with van der Waals surface area (Å²) in [6.07, 6.45) is 3.05. The Balaban J connectivity index is 1.63. The predicted molar refractivity (Wildman–Crippen MR) is 78.7 cm³/mol. The molecule has 108 valence electrons. The van der Waals surface area contributed by atoms with Gasteiger partial charge in [0.1, 0.15) is 6.04 Å². The first-order chi connectivity index (χ1) is 9.78. The van der Waals surface area contributed by atoms with Gasteiger partial charge in [-0.25, -0.2) is 0 Å². The zero-order valence-electron chi connectivity index (χ0n) is 12.0. The standard InChI is InChI=1S/C16H22N2O2/c1-20-11-12-5-4-8-18(10-12)16(19)15-9-13-6-2-3-7-14(13)17-15/h2-3,6-7,12,15,17H,4-5,8-11H2,1H3. The van der Waals surface area contributed by atoms with Crippen molar-refractivity contribution in [1.82, 2.24) is 4.90 Å². The van der Waals surface area contributed by atoms with Crippen molar-refractivity contribution in [3.63, 3.8) is 0 Å². The molecular formula is C16H22N2O2. The minimum absolute atomic E-state index is 0.0892. The van der Waals surface area contributed by atoms with Gasteiger partial charge in [-0.15, -0.1) is 0 Å². The molecule has 0 aliphatic carbocycles. The van der Waals surface area contributed by atoms with Gasteiger partial charge in [0.05, 0.1) is 6.61 Å². The van der Waals surface area contributed by atoms with Gasteiger partial charge in [0, 0.05) is 32.3 Å². The minimum Gasteiger partial charge on any atom is -0.384 e. The van der Waals surface area contributed by atoms with Crippen molar-refractivity contribution in [3.8, 4) is 0 Å². The van der Waals surface area contributed by atoms with Gasteiger partial charge in [-0.1, -0.05) is 18.2 Å². The Morgan fingerprint density at radius 3 is 3.10 bits per heavy atom. The van der Waals surface area contributed by atoms with Crippen molar-refractivity contribution in [2.24, 2.45) is 5.92 Å². The smallest absolute Gasteiger partial charge is 0.245 e. The van der Waals surface area contributed by atoms with E-state index in [1.807, 2.05) is 23.1 Å². The maximum atomic E-state index is 12.6. The molecule has 20 heavy (non-hydrogen) atoms. The summed E-state index contributed by atoms with van der Waals surface area (Å²) in [4.78, 5) is 14.7. The van der Waals surface area contributed by atoms with Gasteiger partial charge < -0.3 is 15.0 Å². The van der Waals surface area contributed by atoms with Gasteiger partial charge in [-0.2, -0.15) is 0 Å². The summed E-state index contributed by atoms with van der Waals surface area (Å²) >= 11 is 0. The van der Waals surface area contributed by atoms with Crippen LogP contribution in [0.1, 0.15) is 18.4 Å². The van der Waals surface area contributed by atoms with Crippen LogP contribution in [0, 0.1) is 5.92 Å². The van der Waals surface area contributed by atoms with Crippen LogP contribution in [-0.2, 0) is 16.0 Å². The van der Waals surface area contributed by atoms with E-state index in [2.05, 4.69) is 11.4 Å². The third-order valence-electron chi connectivity index (χ3n) is 4.30. The Kier molecular flexibility index (Phi) is 3.92. The van der Waals surface area contributed by atoms with E-state index in [9.17, 15) is 4.79 Å². The first-order valence-electron chi connectivity index (χ1n) is 7.40. The Hall–Kier alpha value is -1.55. The monoisotopic (exact) mass is 274 g/mol. The topological polar surface area (TPSA) is 41.6 Å². The number of hydrogen-bond acceptors (Lipinski definition) is 3. The molecule has 2 unspecified atom stereocenters. The molecule has 1 saturated heterocycles. The van der Waals surface area contributed by atoms with Crippen LogP contribution >= 0.6 is 0 Å². The second kappa shape index (κ2) is 5.83. The molecule has 1 aromatic carbocycles. The average molecular weight is 274 g/mol. The predicted octanol–water partition coefficient (Wildman–Crippen LogP) is 1.91. The van der Waals surface area contributed by atoms with Crippen LogP contribution in [0.3, 0.4) is 0 Å². The van der Waals surface area contributed by atoms with E-state index in [4.69, 9.17) is 4.74 Å². The fourth-order valence-corrected chi connectivity index (χ4v) is 3.30. The number of piperidine rings is 1. The zero-order chi connectivity index (χ0) is 13.9. The van der Waals surface area contributed by atoms with Gasteiger partial charge >= 0.3 is 0 Å². The molecule has 2 aliphatic heterocycles.